The van der Waals surface area contributed by atoms with Crippen molar-refractivity contribution in [2.75, 3.05) is 13.1 Å². The number of hydrogen-bond acceptors (Lipinski definition) is 4. The topological polar surface area (TPSA) is 84.4 Å². The van der Waals surface area contributed by atoms with Crippen molar-refractivity contribution in [1.82, 2.24) is 10.3 Å². The molecular formula is C12H17BrN4O. The van der Waals surface area contributed by atoms with Crippen LogP contribution in [0.5, 0.6) is 0 Å². The molecule has 0 bridgehead atoms. The number of hydrogen-bond donors (Lipinski definition) is 3. The highest BCUT2D eigenvalue weighted by molar-refractivity contribution is 9.10. The van der Waals surface area contributed by atoms with Crippen LogP contribution >= 0.6 is 15.9 Å². The van der Waals surface area contributed by atoms with Crippen molar-refractivity contribution in [2.24, 2.45) is 11.6 Å². The number of amides is 1. The number of carbonyl (C=O) groups is 1. The van der Waals surface area contributed by atoms with Gasteiger partial charge in [-0.1, -0.05) is 22.0 Å². The second-order valence-electron chi connectivity index (χ2n) is 4.56. The van der Waals surface area contributed by atoms with Crippen LogP contribution in [0.1, 0.15) is 22.3 Å². The van der Waals surface area contributed by atoms with Crippen LogP contribution < -0.4 is 17.0 Å². The molecule has 1 amide bonds. The zero-order valence-electron chi connectivity index (χ0n) is 10.0. The largest absolute Gasteiger partial charge is 0.326 e. The van der Waals surface area contributed by atoms with Crippen molar-refractivity contribution >= 4 is 21.8 Å². The molecule has 0 spiro atoms. The van der Waals surface area contributed by atoms with Gasteiger partial charge in [-0.3, -0.25) is 15.1 Å². The Kier molecular flexibility index (Phi) is 4.34. The number of nitrogen functional groups attached to an aromatic ring is 1. The van der Waals surface area contributed by atoms with Gasteiger partial charge in [-0.05, 0) is 24.1 Å². The second kappa shape index (κ2) is 5.79. The Labute approximate surface area is 115 Å². The first kappa shape index (κ1) is 13.5. The molecule has 0 saturated carbocycles. The number of nitrogens with one attached hydrogen (secondary N) is 1. The number of hydrazine groups is 1. The average Bonchev–Trinajstić information content (AvgIpc) is 2.76. The molecule has 1 saturated heterocycles. The summed E-state index contributed by atoms with van der Waals surface area (Å²) in [6.45, 7) is 2.80. The van der Waals surface area contributed by atoms with Crippen LogP contribution in [0.3, 0.4) is 0 Å². The molecule has 1 heterocycles. The Morgan fingerprint density at radius 2 is 2.33 bits per heavy atom. The summed E-state index contributed by atoms with van der Waals surface area (Å²) in [6.07, 6.45) is 1.05. The Hall–Kier alpha value is -0.950. The van der Waals surface area contributed by atoms with E-state index >= 15 is 0 Å². The van der Waals surface area contributed by atoms with E-state index < -0.39 is 0 Å². The Morgan fingerprint density at radius 1 is 1.56 bits per heavy atom. The number of likely N-dealkylation sites (tertiary alicyclic amines) is 1. The maximum absolute atomic E-state index is 11.4. The predicted molar refractivity (Wildman–Crippen MR) is 73.7 cm³/mol. The highest BCUT2D eigenvalue weighted by Gasteiger charge is 2.19. The molecular weight excluding hydrogens is 296 g/mol. The lowest BCUT2D eigenvalue weighted by molar-refractivity contribution is 0.0953. The third-order valence-electron chi connectivity index (χ3n) is 3.15. The van der Waals surface area contributed by atoms with Gasteiger partial charge >= 0.3 is 0 Å². The third kappa shape index (κ3) is 3.08. The zero-order valence-corrected chi connectivity index (χ0v) is 11.6. The molecule has 18 heavy (non-hydrogen) atoms. The smallest absolute Gasteiger partial charge is 0.265 e. The van der Waals surface area contributed by atoms with E-state index in [1.54, 1.807) is 12.1 Å². The lowest BCUT2D eigenvalue weighted by atomic mass is 10.1. The first-order valence-corrected chi connectivity index (χ1v) is 6.66. The SMILES string of the molecule is NNC(=O)c1ccc(CN2CCC(N)C2)c(Br)c1. The van der Waals surface area contributed by atoms with E-state index in [0.29, 0.717) is 5.56 Å². The number of benzene rings is 1. The molecule has 1 aliphatic heterocycles. The van der Waals surface area contributed by atoms with Crippen LogP contribution in [0.2, 0.25) is 0 Å². The monoisotopic (exact) mass is 312 g/mol. The first-order chi connectivity index (χ1) is 8.60. The van der Waals surface area contributed by atoms with Crippen LogP contribution in [0, 0.1) is 0 Å². The molecule has 0 radical (unpaired) electrons. The fourth-order valence-corrected chi connectivity index (χ4v) is 2.65. The van der Waals surface area contributed by atoms with Gasteiger partial charge in [0.1, 0.15) is 0 Å². The van der Waals surface area contributed by atoms with Crippen molar-refractivity contribution in [3.8, 4) is 0 Å². The second-order valence-corrected chi connectivity index (χ2v) is 5.42. The minimum Gasteiger partial charge on any atom is -0.326 e. The van der Waals surface area contributed by atoms with Crippen molar-refractivity contribution in [3.63, 3.8) is 0 Å². The van der Waals surface area contributed by atoms with E-state index in [1.165, 1.54) is 0 Å². The Balaban J connectivity index is 2.08. The maximum Gasteiger partial charge on any atom is 0.265 e. The lowest BCUT2D eigenvalue weighted by Crippen LogP contribution is -2.30. The highest BCUT2D eigenvalue weighted by Crippen LogP contribution is 2.22. The molecule has 1 fully saturated rings. The zero-order chi connectivity index (χ0) is 13.1. The number of halogens is 1. The molecule has 5 N–H and O–H groups in total. The predicted octanol–water partition coefficient (Wildman–Crippen LogP) is 0.586. The normalized spacial score (nSPS) is 20.1. The molecule has 0 aromatic heterocycles. The molecule has 1 aromatic carbocycles. The molecule has 5 nitrogen and oxygen atoms in total. The van der Waals surface area contributed by atoms with Crippen LogP contribution in [0.25, 0.3) is 0 Å². The summed E-state index contributed by atoms with van der Waals surface area (Å²) in [5, 5.41) is 0. The minimum absolute atomic E-state index is 0.283. The van der Waals surface area contributed by atoms with E-state index in [2.05, 4.69) is 26.3 Å². The van der Waals surface area contributed by atoms with Crippen molar-refractivity contribution in [1.29, 1.82) is 0 Å². The Bertz CT molecular complexity index is 452. The summed E-state index contributed by atoms with van der Waals surface area (Å²) >= 11 is 3.49. The van der Waals surface area contributed by atoms with Crippen molar-refractivity contribution in [2.45, 2.75) is 19.0 Å². The summed E-state index contributed by atoms with van der Waals surface area (Å²) in [5.74, 6) is 4.82. The van der Waals surface area contributed by atoms with Gasteiger partial charge < -0.3 is 5.73 Å². The quantitative estimate of drug-likeness (QED) is 0.433. The Morgan fingerprint density at radius 3 is 2.89 bits per heavy atom. The minimum atomic E-state index is -0.287. The van der Waals surface area contributed by atoms with Gasteiger partial charge in [0.25, 0.3) is 5.91 Å². The molecule has 1 aromatic rings. The molecule has 1 atom stereocenters. The van der Waals surface area contributed by atoms with E-state index in [-0.39, 0.29) is 11.9 Å². The fourth-order valence-electron chi connectivity index (χ4n) is 2.15. The summed E-state index contributed by atoms with van der Waals surface area (Å²) in [4.78, 5) is 13.7. The summed E-state index contributed by atoms with van der Waals surface area (Å²) in [7, 11) is 0. The van der Waals surface area contributed by atoms with Crippen LogP contribution in [0.4, 0.5) is 0 Å². The van der Waals surface area contributed by atoms with E-state index in [4.69, 9.17) is 11.6 Å². The number of nitrogens with two attached hydrogens (primary N) is 2. The molecule has 6 heteroatoms. The summed E-state index contributed by atoms with van der Waals surface area (Å²) < 4.78 is 0.920. The summed E-state index contributed by atoms with van der Waals surface area (Å²) in [5.41, 5.74) is 9.70. The van der Waals surface area contributed by atoms with Crippen molar-refractivity contribution < 1.29 is 4.79 Å². The molecule has 1 unspecified atom stereocenters. The van der Waals surface area contributed by atoms with Crippen LogP contribution in [0.15, 0.2) is 22.7 Å². The van der Waals surface area contributed by atoms with Gasteiger partial charge in [0.15, 0.2) is 0 Å². The molecule has 98 valence electrons. The van der Waals surface area contributed by atoms with Crippen LogP contribution in [-0.2, 0) is 6.54 Å². The van der Waals surface area contributed by atoms with Crippen molar-refractivity contribution in [3.05, 3.63) is 33.8 Å². The molecule has 2 rings (SSSR count). The number of rotatable bonds is 3. The van der Waals surface area contributed by atoms with E-state index in [9.17, 15) is 4.79 Å². The lowest BCUT2D eigenvalue weighted by Gasteiger charge is -2.16. The summed E-state index contributed by atoms with van der Waals surface area (Å²) in [6, 6.07) is 5.79. The highest BCUT2D eigenvalue weighted by atomic mass is 79.9. The van der Waals surface area contributed by atoms with Gasteiger partial charge in [0, 0.05) is 35.7 Å². The van der Waals surface area contributed by atoms with E-state index in [0.717, 1.165) is 36.1 Å². The standard InChI is InChI=1S/C12H17BrN4O/c13-11-5-8(12(18)16-15)1-2-9(11)6-17-4-3-10(14)7-17/h1-2,5,10H,3-4,6-7,14-15H2,(H,16,18). The molecule has 0 aliphatic carbocycles. The maximum atomic E-state index is 11.4. The van der Waals surface area contributed by atoms with Gasteiger partial charge in [0.05, 0.1) is 0 Å². The van der Waals surface area contributed by atoms with Gasteiger partial charge in [-0.2, -0.15) is 0 Å². The first-order valence-electron chi connectivity index (χ1n) is 5.87. The molecule has 1 aliphatic rings. The van der Waals surface area contributed by atoms with Gasteiger partial charge in [-0.25, -0.2) is 5.84 Å². The fraction of sp³-hybridized carbons (Fsp3) is 0.417. The van der Waals surface area contributed by atoms with Crippen LogP contribution in [-0.4, -0.2) is 29.9 Å². The van der Waals surface area contributed by atoms with Gasteiger partial charge in [-0.15, -0.1) is 0 Å². The van der Waals surface area contributed by atoms with E-state index in [1.807, 2.05) is 6.07 Å². The number of nitrogens with zero attached hydrogens (tertiary/aromatic N) is 1. The average molecular weight is 313 g/mol. The number of carbonyl (C=O) groups excluding carboxylic acids is 1. The van der Waals surface area contributed by atoms with Gasteiger partial charge in [0.2, 0.25) is 0 Å². The third-order valence-corrected chi connectivity index (χ3v) is 3.89.